The van der Waals surface area contributed by atoms with Crippen LogP contribution in [0.2, 0.25) is 0 Å². The Morgan fingerprint density at radius 3 is 2.26 bits per heavy atom. The Morgan fingerprint density at radius 1 is 1.11 bits per heavy atom. The molecule has 0 saturated heterocycles. The molecule has 19 heavy (non-hydrogen) atoms. The van der Waals surface area contributed by atoms with Gasteiger partial charge in [-0.2, -0.15) is 0 Å². The fourth-order valence-corrected chi connectivity index (χ4v) is 3.54. The van der Waals surface area contributed by atoms with Crippen LogP contribution in [0.25, 0.3) is 0 Å². The number of esters is 2. The SMILES string of the molecule is CC(=O)OCC[C@@H]1C(C)(C)CCC[C@@]1(C)OC(C)=O. The summed E-state index contributed by atoms with van der Waals surface area (Å²) in [6.45, 7) is 9.67. The number of hydrogen-bond acceptors (Lipinski definition) is 4. The van der Waals surface area contributed by atoms with Crippen molar-refractivity contribution in [2.24, 2.45) is 11.3 Å². The molecule has 0 N–H and O–H groups in total. The van der Waals surface area contributed by atoms with Crippen molar-refractivity contribution in [2.45, 2.75) is 65.9 Å². The molecule has 0 heterocycles. The second-order valence-corrected chi connectivity index (χ2v) is 6.43. The fourth-order valence-electron chi connectivity index (χ4n) is 3.54. The average molecular weight is 270 g/mol. The summed E-state index contributed by atoms with van der Waals surface area (Å²) < 4.78 is 10.7. The summed E-state index contributed by atoms with van der Waals surface area (Å²) >= 11 is 0. The van der Waals surface area contributed by atoms with E-state index in [0.717, 1.165) is 25.7 Å². The lowest BCUT2D eigenvalue weighted by molar-refractivity contribution is -0.177. The number of rotatable bonds is 4. The first kappa shape index (κ1) is 16.0. The van der Waals surface area contributed by atoms with Gasteiger partial charge in [0, 0.05) is 19.8 Å². The quantitative estimate of drug-likeness (QED) is 0.737. The molecule has 0 bridgehead atoms. The van der Waals surface area contributed by atoms with E-state index in [9.17, 15) is 9.59 Å². The Hall–Kier alpha value is -1.06. The van der Waals surface area contributed by atoms with E-state index in [4.69, 9.17) is 9.47 Å². The Balaban J connectivity index is 2.80. The zero-order chi connectivity index (χ0) is 14.7. The maximum atomic E-state index is 11.3. The number of hydrogen-bond donors (Lipinski definition) is 0. The topological polar surface area (TPSA) is 52.6 Å². The molecule has 1 aliphatic carbocycles. The summed E-state index contributed by atoms with van der Waals surface area (Å²) in [4.78, 5) is 22.2. The zero-order valence-electron chi connectivity index (χ0n) is 12.7. The van der Waals surface area contributed by atoms with Crippen LogP contribution in [0.3, 0.4) is 0 Å². The Bertz CT molecular complexity index is 348. The average Bonchev–Trinajstić information content (AvgIpc) is 2.20. The van der Waals surface area contributed by atoms with Crippen LogP contribution in [0, 0.1) is 11.3 Å². The van der Waals surface area contributed by atoms with Crippen molar-refractivity contribution < 1.29 is 19.1 Å². The lowest BCUT2D eigenvalue weighted by Crippen LogP contribution is -2.50. The first-order chi connectivity index (χ1) is 8.67. The molecular weight excluding hydrogens is 244 g/mol. The van der Waals surface area contributed by atoms with Gasteiger partial charge in [0.1, 0.15) is 5.60 Å². The second kappa shape index (κ2) is 5.93. The van der Waals surface area contributed by atoms with Gasteiger partial charge in [-0.05, 0) is 38.0 Å². The molecule has 0 aromatic carbocycles. The molecule has 0 aromatic rings. The van der Waals surface area contributed by atoms with Gasteiger partial charge in [0.2, 0.25) is 0 Å². The molecule has 1 fully saturated rings. The van der Waals surface area contributed by atoms with E-state index in [2.05, 4.69) is 13.8 Å². The summed E-state index contributed by atoms with van der Waals surface area (Å²) in [5, 5.41) is 0. The van der Waals surface area contributed by atoms with Gasteiger partial charge in [0.25, 0.3) is 0 Å². The third-order valence-corrected chi connectivity index (χ3v) is 4.26. The normalized spacial score (nSPS) is 29.6. The predicted octanol–water partition coefficient (Wildman–Crippen LogP) is 3.09. The molecule has 0 radical (unpaired) electrons. The van der Waals surface area contributed by atoms with Gasteiger partial charge in [-0.3, -0.25) is 9.59 Å². The smallest absolute Gasteiger partial charge is 0.303 e. The monoisotopic (exact) mass is 270 g/mol. The highest BCUT2D eigenvalue weighted by molar-refractivity contribution is 5.66. The minimum absolute atomic E-state index is 0.0859. The van der Waals surface area contributed by atoms with Crippen molar-refractivity contribution in [3.63, 3.8) is 0 Å². The first-order valence-corrected chi connectivity index (χ1v) is 7.00. The van der Waals surface area contributed by atoms with Gasteiger partial charge in [0.15, 0.2) is 0 Å². The lowest BCUT2D eigenvalue weighted by atomic mass is 9.60. The van der Waals surface area contributed by atoms with Gasteiger partial charge in [-0.15, -0.1) is 0 Å². The van der Waals surface area contributed by atoms with E-state index in [-0.39, 0.29) is 23.3 Å². The van der Waals surface area contributed by atoms with Crippen LogP contribution in [0.15, 0.2) is 0 Å². The lowest BCUT2D eigenvalue weighted by Gasteiger charge is -2.49. The summed E-state index contributed by atoms with van der Waals surface area (Å²) in [6.07, 6.45) is 3.77. The van der Waals surface area contributed by atoms with Crippen molar-refractivity contribution in [2.75, 3.05) is 6.61 Å². The molecule has 0 spiro atoms. The van der Waals surface area contributed by atoms with Gasteiger partial charge in [0.05, 0.1) is 6.61 Å². The van der Waals surface area contributed by atoms with Crippen molar-refractivity contribution in [1.82, 2.24) is 0 Å². The minimum Gasteiger partial charge on any atom is -0.466 e. The maximum Gasteiger partial charge on any atom is 0.303 e. The zero-order valence-corrected chi connectivity index (χ0v) is 12.7. The van der Waals surface area contributed by atoms with E-state index < -0.39 is 5.60 Å². The molecule has 1 rings (SSSR count). The first-order valence-electron chi connectivity index (χ1n) is 7.00. The summed E-state index contributed by atoms with van der Waals surface area (Å²) in [6, 6.07) is 0. The maximum absolute atomic E-state index is 11.3. The Kier molecular flexibility index (Phi) is 4.99. The van der Waals surface area contributed by atoms with Crippen molar-refractivity contribution in [3.8, 4) is 0 Å². The predicted molar refractivity (Wildman–Crippen MR) is 72.5 cm³/mol. The molecule has 0 amide bonds. The van der Waals surface area contributed by atoms with Crippen molar-refractivity contribution >= 4 is 11.9 Å². The van der Waals surface area contributed by atoms with E-state index in [1.54, 1.807) is 0 Å². The third-order valence-electron chi connectivity index (χ3n) is 4.26. The number of carbonyl (C=O) groups excluding carboxylic acids is 2. The molecule has 0 aliphatic heterocycles. The molecule has 0 aromatic heterocycles. The molecule has 4 nitrogen and oxygen atoms in total. The second-order valence-electron chi connectivity index (χ2n) is 6.43. The fraction of sp³-hybridized carbons (Fsp3) is 0.867. The molecule has 0 unspecified atom stereocenters. The van der Waals surface area contributed by atoms with Gasteiger partial charge < -0.3 is 9.47 Å². The standard InChI is InChI=1S/C15H26O4/c1-11(16)18-10-7-13-14(3,4)8-6-9-15(13,5)19-12(2)17/h13H,6-10H2,1-5H3/t13-,15-/m1/s1. The Labute approximate surface area is 115 Å². The Morgan fingerprint density at radius 2 is 1.74 bits per heavy atom. The van der Waals surface area contributed by atoms with Crippen LogP contribution in [-0.4, -0.2) is 24.1 Å². The summed E-state index contributed by atoms with van der Waals surface area (Å²) in [5.74, 6) is -0.294. The van der Waals surface area contributed by atoms with Crippen LogP contribution in [0.1, 0.15) is 60.3 Å². The molecule has 1 aliphatic rings. The van der Waals surface area contributed by atoms with Crippen LogP contribution in [0.4, 0.5) is 0 Å². The van der Waals surface area contributed by atoms with Crippen LogP contribution < -0.4 is 0 Å². The minimum atomic E-state index is -0.451. The van der Waals surface area contributed by atoms with Crippen molar-refractivity contribution in [3.05, 3.63) is 0 Å². The molecule has 4 heteroatoms. The highest BCUT2D eigenvalue weighted by Crippen LogP contribution is 2.49. The molecule has 110 valence electrons. The third kappa shape index (κ3) is 4.22. The number of carbonyl (C=O) groups is 2. The van der Waals surface area contributed by atoms with Gasteiger partial charge in [-0.1, -0.05) is 13.8 Å². The summed E-state index contributed by atoms with van der Waals surface area (Å²) in [5.41, 5.74) is -0.365. The highest BCUT2D eigenvalue weighted by atomic mass is 16.6. The van der Waals surface area contributed by atoms with E-state index in [1.807, 2.05) is 6.92 Å². The van der Waals surface area contributed by atoms with Crippen LogP contribution >= 0.6 is 0 Å². The van der Waals surface area contributed by atoms with E-state index in [0.29, 0.717) is 6.61 Å². The van der Waals surface area contributed by atoms with Crippen LogP contribution in [-0.2, 0) is 19.1 Å². The van der Waals surface area contributed by atoms with E-state index >= 15 is 0 Å². The highest BCUT2D eigenvalue weighted by Gasteiger charge is 2.48. The largest absolute Gasteiger partial charge is 0.466 e. The van der Waals surface area contributed by atoms with Gasteiger partial charge in [-0.25, -0.2) is 0 Å². The number of ether oxygens (including phenoxy) is 2. The molecule has 2 atom stereocenters. The molecular formula is C15H26O4. The molecule has 1 saturated carbocycles. The van der Waals surface area contributed by atoms with Gasteiger partial charge >= 0.3 is 11.9 Å². The van der Waals surface area contributed by atoms with E-state index in [1.165, 1.54) is 13.8 Å². The van der Waals surface area contributed by atoms with Crippen molar-refractivity contribution in [1.29, 1.82) is 0 Å². The summed E-state index contributed by atoms with van der Waals surface area (Å²) in [7, 11) is 0. The van der Waals surface area contributed by atoms with Crippen LogP contribution in [0.5, 0.6) is 0 Å².